The van der Waals surface area contributed by atoms with Gasteiger partial charge >= 0.3 is 0 Å². The average molecular weight is 263 g/mol. The van der Waals surface area contributed by atoms with Crippen LogP contribution in [0, 0.1) is 5.92 Å². The number of hydrogen-bond donors (Lipinski definition) is 1. The van der Waals surface area contributed by atoms with E-state index in [0.717, 1.165) is 37.4 Å². The van der Waals surface area contributed by atoms with Crippen molar-refractivity contribution in [3.8, 4) is 0 Å². The van der Waals surface area contributed by atoms with Crippen LogP contribution in [0.15, 0.2) is 18.3 Å². The minimum absolute atomic E-state index is 0.0541. The van der Waals surface area contributed by atoms with Crippen LogP contribution in [0.1, 0.15) is 19.3 Å². The average Bonchev–Trinajstić information content (AvgIpc) is 2.68. The summed E-state index contributed by atoms with van der Waals surface area (Å²) in [5.74, 6) is 0.974. The Labute approximate surface area is 114 Å². The van der Waals surface area contributed by atoms with Gasteiger partial charge in [-0.2, -0.15) is 0 Å². The molecule has 1 atom stereocenters. The van der Waals surface area contributed by atoms with Gasteiger partial charge in [-0.3, -0.25) is 4.79 Å². The molecule has 2 rings (SSSR count). The monoisotopic (exact) mass is 263 g/mol. The normalized spacial score (nSPS) is 19.6. The zero-order chi connectivity index (χ0) is 13.7. The number of nitrogens with one attached hydrogen (secondary N) is 1. The molecule has 19 heavy (non-hydrogen) atoms. The van der Waals surface area contributed by atoms with E-state index in [4.69, 9.17) is 4.74 Å². The number of aromatic nitrogens is 1. The molecular weight excluding hydrogens is 242 g/mol. The predicted molar refractivity (Wildman–Crippen MR) is 75.4 cm³/mol. The second-order valence-corrected chi connectivity index (χ2v) is 5.03. The SMILES string of the molecule is CN(C)c1cc(NC(=O)[C@H]2CCCOCC2)ccn1. The first-order valence-corrected chi connectivity index (χ1v) is 6.69. The van der Waals surface area contributed by atoms with Crippen LogP contribution >= 0.6 is 0 Å². The Kier molecular flexibility index (Phi) is 4.74. The molecule has 0 saturated carbocycles. The molecule has 0 radical (unpaired) electrons. The van der Waals surface area contributed by atoms with E-state index >= 15 is 0 Å². The Morgan fingerprint density at radius 2 is 2.26 bits per heavy atom. The highest BCUT2D eigenvalue weighted by Crippen LogP contribution is 2.19. The summed E-state index contributed by atoms with van der Waals surface area (Å²) in [5, 5.41) is 2.97. The highest BCUT2D eigenvalue weighted by Gasteiger charge is 2.20. The van der Waals surface area contributed by atoms with Crippen LogP contribution in [-0.2, 0) is 9.53 Å². The molecule has 1 aliphatic heterocycles. The maximum Gasteiger partial charge on any atom is 0.227 e. The molecule has 1 aromatic heterocycles. The van der Waals surface area contributed by atoms with Crippen LogP contribution < -0.4 is 10.2 Å². The first-order chi connectivity index (χ1) is 9.16. The van der Waals surface area contributed by atoms with Gasteiger partial charge in [0.2, 0.25) is 5.91 Å². The third-order valence-corrected chi connectivity index (χ3v) is 3.29. The number of carbonyl (C=O) groups is 1. The maximum absolute atomic E-state index is 12.2. The molecule has 1 aromatic rings. The number of ether oxygens (including phenoxy) is 1. The standard InChI is InChI=1S/C14H21N3O2/c1-17(2)13-10-12(5-7-15-13)16-14(18)11-4-3-8-19-9-6-11/h5,7,10-11H,3-4,6,8-9H2,1-2H3,(H,15,16,18)/t11-/m0/s1. The van der Waals surface area contributed by atoms with Crippen LogP contribution in [0.4, 0.5) is 11.5 Å². The lowest BCUT2D eigenvalue weighted by atomic mass is 10.00. The van der Waals surface area contributed by atoms with E-state index in [0.29, 0.717) is 6.61 Å². The van der Waals surface area contributed by atoms with Crippen molar-refractivity contribution >= 4 is 17.4 Å². The molecule has 5 heteroatoms. The van der Waals surface area contributed by atoms with Crippen molar-refractivity contribution in [1.82, 2.24) is 4.98 Å². The van der Waals surface area contributed by atoms with E-state index in [2.05, 4.69) is 10.3 Å². The van der Waals surface area contributed by atoms with Crippen LogP contribution in [0.5, 0.6) is 0 Å². The van der Waals surface area contributed by atoms with E-state index < -0.39 is 0 Å². The Hall–Kier alpha value is -1.62. The Morgan fingerprint density at radius 1 is 1.42 bits per heavy atom. The third kappa shape index (κ3) is 3.92. The second kappa shape index (κ2) is 6.52. The van der Waals surface area contributed by atoms with Crippen LogP contribution in [0.25, 0.3) is 0 Å². The van der Waals surface area contributed by atoms with Gasteiger partial charge in [-0.1, -0.05) is 0 Å². The first kappa shape index (κ1) is 13.8. The van der Waals surface area contributed by atoms with Crippen molar-refractivity contribution < 1.29 is 9.53 Å². The smallest absolute Gasteiger partial charge is 0.227 e. The van der Waals surface area contributed by atoms with Crippen molar-refractivity contribution in [3.05, 3.63) is 18.3 Å². The van der Waals surface area contributed by atoms with Crippen molar-refractivity contribution in [2.75, 3.05) is 37.5 Å². The van der Waals surface area contributed by atoms with Gasteiger partial charge in [0.25, 0.3) is 0 Å². The molecule has 0 spiro atoms. The lowest BCUT2D eigenvalue weighted by molar-refractivity contribution is -0.120. The largest absolute Gasteiger partial charge is 0.381 e. The molecule has 1 saturated heterocycles. The summed E-state index contributed by atoms with van der Waals surface area (Å²) in [6.07, 6.45) is 4.37. The highest BCUT2D eigenvalue weighted by atomic mass is 16.5. The van der Waals surface area contributed by atoms with Gasteiger partial charge in [-0.15, -0.1) is 0 Å². The van der Waals surface area contributed by atoms with Crippen LogP contribution in [0.2, 0.25) is 0 Å². The quantitative estimate of drug-likeness (QED) is 0.905. The van der Waals surface area contributed by atoms with Gasteiger partial charge in [0.1, 0.15) is 5.82 Å². The summed E-state index contributed by atoms with van der Waals surface area (Å²) in [6.45, 7) is 1.45. The number of amides is 1. The fraction of sp³-hybridized carbons (Fsp3) is 0.571. The van der Waals surface area contributed by atoms with Crippen LogP contribution in [-0.4, -0.2) is 38.2 Å². The Bertz CT molecular complexity index is 426. The summed E-state index contributed by atoms with van der Waals surface area (Å²) >= 11 is 0. The lowest BCUT2D eigenvalue weighted by Crippen LogP contribution is -2.23. The third-order valence-electron chi connectivity index (χ3n) is 3.29. The molecular formula is C14H21N3O2. The summed E-state index contributed by atoms with van der Waals surface area (Å²) in [5.41, 5.74) is 0.800. The van der Waals surface area contributed by atoms with E-state index in [1.54, 1.807) is 6.20 Å². The summed E-state index contributed by atoms with van der Waals surface area (Å²) in [6, 6.07) is 3.70. The van der Waals surface area contributed by atoms with Crippen LogP contribution in [0.3, 0.4) is 0 Å². The molecule has 104 valence electrons. The zero-order valence-electron chi connectivity index (χ0n) is 11.6. The number of carbonyl (C=O) groups excluding carboxylic acids is 1. The number of rotatable bonds is 3. The second-order valence-electron chi connectivity index (χ2n) is 5.03. The molecule has 0 aromatic carbocycles. The molecule has 2 heterocycles. The number of nitrogens with zero attached hydrogens (tertiary/aromatic N) is 2. The van der Waals surface area contributed by atoms with E-state index in [1.807, 2.05) is 31.1 Å². The van der Waals surface area contributed by atoms with Crippen molar-refractivity contribution in [2.24, 2.45) is 5.92 Å². The predicted octanol–water partition coefficient (Wildman–Crippen LogP) is 1.90. The molecule has 1 fully saturated rings. The number of hydrogen-bond acceptors (Lipinski definition) is 4. The highest BCUT2D eigenvalue weighted by molar-refractivity contribution is 5.92. The van der Waals surface area contributed by atoms with E-state index in [-0.39, 0.29) is 11.8 Å². The van der Waals surface area contributed by atoms with Crippen molar-refractivity contribution in [3.63, 3.8) is 0 Å². The minimum atomic E-state index is 0.0541. The van der Waals surface area contributed by atoms with Gasteiger partial charge in [0.05, 0.1) is 0 Å². The lowest BCUT2D eigenvalue weighted by Gasteiger charge is -2.15. The minimum Gasteiger partial charge on any atom is -0.381 e. The summed E-state index contributed by atoms with van der Waals surface area (Å²) in [7, 11) is 3.85. The van der Waals surface area contributed by atoms with Crippen molar-refractivity contribution in [1.29, 1.82) is 0 Å². The van der Waals surface area contributed by atoms with Gasteiger partial charge in [0.15, 0.2) is 0 Å². The van der Waals surface area contributed by atoms with Gasteiger partial charge < -0.3 is 15.0 Å². The van der Waals surface area contributed by atoms with Crippen molar-refractivity contribution in [2.45, 2.75) is 19.3 Å². The molecule has 0 unspecified atom stereocenters. The Balaban J connectivity index is 1.99. The summed E-state index contributed by atoms with van der Waals surface area (Å²) in [4.78, 5) is 18.3. The first-order valence-electron chi connectivity index (χ1n) is 6.69. The van der Waals surface area contributed by atoms with Gasteiger partial charge in [-0.25, -0.2) is 4.98 Å². The zero-order valence-corrected chi connectivity index (χ0v) is 11.6. The maximum atomic E-state index is 12.2. The number of anilines is 2. The molecule has 1 amide bonds. The van der Waals surface area contributed by atoms with E-state index in [9.17, 15) is 4.79 Å². The Morgan fingerprint density at radius 3 is 3.05 bits per heavy atom. The van der Waals surface area contributed by atoms with E-state index in [1.165, 1.54) is 0 Å². The molecule has 0 bridgehead atoms. The molecule has 1 N–H and O–H groups in total. The topological polar surface area (TPSA) is 54.5 Å². The fourth-order valence-electron chi connectivity index (χ4n) is 2.15. The number of pyridine rings is 1. The fourth-order valence-corrected chi connectivity index (χ4v) is 2.15. The molecule has 1 aliphatic rings. The van der Waals surface area contributed by atoms with Gasteiger partial charge in [0, 0.05) is 51.2 Å². The summed E-state index contributed by atoms with van der Waals surface area (Å²) < 4.78 is 5.38. The molecule has 0 aliphatic carbocycles. The van der Waals surface area contributed by atoms with Gasteiger partial charge in [-0.05, 0) is 25.3 Å². The molecule has 5 nitrogen and oxygen atoms in total.